The lowest BCUT2D eigenvalue weighted by molar-refractivity contribution is -0.146. The van der Waals surface area contributed by atoms with Crippen molar-refractivity contribution < 1.29 is 29.2 Å². The molecule has 3 aromatic carbocycles. The van der Waals surface area contributed by atoms with E-state index in [1.165, 1.54) is 7.11 Å². The van der Waals surface area contributed by atoms with Crippen molar-refractivity contribution in [2.75, 3.05) is 20.3 Å². The molecule has 1 aliphatic rings. The highest BCUT2D eigenvalue weighted by molar-refractivity contribution is 5.99. The fourth-order valence-electron chi connectivity index (χ4n) is 4.17. The molecule has 0 fully saturated rings. The number of azide groups is 1. The van der Waals surface area contributed by atoms with Crippen LogP contribution in [-0.2, 0) is 16.0 Å². The summed E-state index contributed by atoms with van der Waals surface area (Å²) in [6.07, 6.45) is -0.557. The third kappa shape index (κ3) is 5.50. The Balaban J connectivity index is 1.78. The average molecular weight is 503 g/mol. The number of carboxylic acids is 1. The van der Waals surface area contributed by atoms with E-state index in [0.717, 1.165) is 0 Å². The number of aliphatic hydroxyl groups excluding tert-OH is 1. The second-order valence-electron chi connectivity index (χ2n) is 8.37. The number of aliphatic carboxylic acids is 1. The Morgan fingerprint density at radius 2 is 1.92 bits per heavy atom. The number of carboxylic acid groups (broad SMARTS) is 1. The van der Waals surface area contributed by atoms with Gasteiger partial charge in [0, 0.05) is 35.6 Å². The van der Waals surface area contributed by atoms with Crippen molar-refractivity contribution in [3.63, 3.8) is 0 Å². The number of aliphatic imine (C=N–C) groups is 1. The smallest absolute Gasteiger partial charge is 0.336 e. The average Bonchev–Trinajstić information content (AvgIpc) is 3.31. The molecule has 0 aliphatic carbocycles. The van der Waals surface area contributed by atoms with Crippen LogP contribution in [-0.4, -0.2) is 47.9 Å². The number of carbonyl (C=O) groups is 1. The molecule has 1 heterocycles. The molecule has 0 unspecified atom stereocenters. The number of hydrogen-bond donors (Lipinski definition) is 2. The largest absolute Gasteiger partial charge is 0.497 e. The zero-order valence-electron chi connectivity index (χ0n) is 20.2. The van der Waals surface area contributed by atoms with E-state index in [9.17, 15) is 9.90 Å². The van der Waals surface area contributed by atoms with Gasteiger partial charge in [0.25, 0.3) is 0 Å². The Bertz CT molecular complexity index is 1340. The molecule has 2 atom stereocenters. The summed E-state index contributed by atoms with van der Waals surface area (Å²) in [5.74, 6) is 0.133. The van der Waals surface area contributed by atoms with Crippen LogP contribution in [0.5, 0.6) is 11.5 Å². The topological polar surface area (TPSA) is 146 Å². The molecule has 1 aliphatic heterocycles. The zero-order chi connectivity index (χ0) is 26.3. The third-order valence-electron chi connectivity index (χ3n) is 6.01. The van der Waals surface area contributed by atoms with Gasteiger partial charge in [0.1, 0.15) is 11.5 Å². The first-order valence-corrected chi connectivity index (χ1v) is 11.6. The van der Waals surface area contributed by atoms with Gasteiger partial charge in [-0.2, -0.15) is 0 Å². The first kappa shape index (κ1) is 25.6. The predicted molar refractivity (Wildman–Crippen MR) is 136 cm³/mol. The van der Waals surface area contributed by atoms with Crippen molar-refractivity contribution in [3.8, 4) is 11.5 Å². The number of nitrogens with zero attached hydrogens (tertiary/aromatic N) is 4. The molecule has 3 aromatic rings. The number of ether oxygens (including phenoxy) is 3. The molecular weight excluding hydrogens is 476 g/mol. The van der Waals surface area contributed by atoms with Crippen LogP contribution in [0.1, 0.15) is 29.2 Å². The highest BCUT2D eigenvalue weighted by atomic mass is 16.5. The van der Waals surface area contributed by atoms with E-state index in [-0.39, 0.29) is 18.9 Å². The van der Waals surface area contributed by atoms with E-state index in [4.69, 9.17) is 24.8 Å². The molecule has 4 rings (SSSR count). The van der Waals surface area contributed by atoms with E-state index in [1.54, 1.807) is 72.8 Å². The molecule has 10 heteroatoms. The lowest BCUT2D eigenvalue weighted by atomic mass is 9.82. The number of benzene rings is 3. The molecule has 0 saturated carbocycles. The highest BCUT2D eigenvalue weighted by Crippen LogP contribution is 2.44. The van der Waals surface area contributed by atoms with Crippen molar-refractivity contribution in [2.24, 2.45) is 10.1 Å². The Hall–Kier alpha value is -4.53. The SMILES string of the molecule is COc1cccc([C@H]2OC(c3ccc(OCCCO)cc3)=N[C@@]2(Cc2ccccc2N=[N+]=[N-])C(=O)O)c1. The molecule has 10 nitrogen and oxygen atoms in total. The molecule has 37 heavy (non-hydrogen) atoms. The van der Waals surface area contributed by atoms with Crippen molar-refractivity contribution in [3.05, 3.63) is 99.9 Å². The van der Waals surface area contributed by atoms with E-state index < -0.39 is 17.6 Å². The molecule has 0 amide bonds. The van der Waals surface area contributed by atoms with E-state index in [1.807, 2.05) is 0 Å². The first-order valence-electron chi connectivity index (χ1n) is 11.6. The lowest BCUT2D eigenvalue weighted by Crippen LogP contribution is -2.43. The summed E-state index contributed by atoms with van der Waals surface area (Å²) in [7, 11) is 1.53. The second kappa shape index (κ2) is 11.5. The van der Waals surface area contributed by atoms with Crippen LogP contribution >= 0.6 is 0 Å². The predicted octanol–water partition coefficient (Wildman–Crippen LogP) is 4.98. The quantitative estimate of drug-likeness (QED) is 0.164. The number of methoxy groups -OCH3 is 1. The Morgan fingerprint density at radius 3 is 2.62 bits per heavy atom. The Labute approximate surface area is 213 Å². The van der Waals surface area contributed by atoms with Gasteiger partial charge in [-0.3, -0.25) is 0 Å². The Morgan fingerprint density at radius 1 is 1.14 bits per heavy atom. The van der Waals surface area contributed by atoms with Gasteiger partial charge in [-0.1, -0.05) is 41.5 Å². The van der Waals surface area contributed by atoms with Crippen LogP contribution in [0.2, 0.25) is 0 Å². The van der Waals surface area contributed by atoms with Crippen molar-refractivity contribution in [1.29, 1.82) is 0 Å². The maximum Gasteiger partial charge on any atom is 0.336 e. The summed E-state index contributed by atoms with van der Waals surface area (Å²) in [4.78, 5) is 20.5. The first-order chi connectivity index (χ1) is 18.0. The van der Waals surface area contributed by atoms with Gasteiger partial charge in [-0.05, 0) is 53.1 Å². The van der Waals surface area contributed by atoms with Crippen LogP contribution in [0.4, 0.5) is 5.69 Å². The molecule has 0 saturated heterocycles. The number of aliphatic hydroxyl groups is 1. The number of rotatable bonds is 11. The Kier molecular flexibility index (Phi) is 7.92. The third-order valence-corrected chi connectivity index (χ3v) is 6.01. The molecule has 0 bridgehead atoms. The minimum atomic E-state index is -1.75. The standard InChI is InChI=1S/C27H26N4O6/c1-35-22-8-4-7-19(16-22)24-27(26(33)34,17-20-6-2-3-9-23(20)30-31-28)29-25(37-24)18-10-12-21(13-11-18)36-15-5-14-32/h2-4,6-13,16,24,32H,5,14-15,17H2,1H3,(H,33,34)/t24-,27-/m1/s1. The summed E-state index contributed by atoms with van der Waals surface area (Å²) in [5, 5.41) is 23.2. The molecule has 0 spiro atoms. The van der Waals surface area contributed by atoms with Crippen molar-refractivity contribution >= 4 is 17.6 Å². The summed E-state index contributed by atoms with van der Waals surface area (Å²) in [5.41, 5.74) is 9.25. The fraction of sp³-hybridized carbons (Fsp3) is 0.259. The van der Waals surface area contributed by atoms with Crippen molar-refractivity contribution in [1.82, 2.24) is 0 Å². The fourth-order valence-corrected chi connectivity index (χ4v) is 4.17. The molecule has 0 radical (unpaired) electrons. The summed E-state index contributed by atoms with van der Waals surface area (Å²) in [6.45, 7) is 0.409. The highest BCUT2D eigenvalue weighted by Gasteiger charge is 2.54. The van der Waals surface area contributed by atoms with E-state index >= 15 is 0 Å². The van der Waals surface area contributed by atoms with Gasteiger partial charge in [0.2, 0.25) is 11.4 Å². The minimum Gasteiger partial charge on any atom is -0.497 e. The van der Waals surface area contributed by atoms with Crippen molar-refractivity contribution in [2.45, 2.75) is 24.5 Å². The van der Waals surface area contributed by atoms with Gasteiger partial charge in [-0.25, -0.2) is 9.79 Å². The van der Waals surface area contributed by atoms with Crippen LogP contribution in [0.15, 0.2) is 82.9 Å². The van der Waals surface area contributed by atoms with Gasteiger partial charge >= 0.3 is 5.97 Å². The van der Waals surface area contributed by atoms with Gasteiger partial charge in [-0.15, -0.1) is 0 Å². The van der Waals surface area contributed by atoms with Gasteiger partial charge in [0.15, 0.2) is 6.10 Å². The summed E-state index contributed by atoms with van der Waals surface area (Å²) in [6, 6.07) is 20.7. The minimum absolute atomic E-state index is 0.0362. The van der Waals surface area contributed by atoms with Crippen LogP contribution in [0, 0.1) is 0 Å². The zero-order valence-corrected chi connectivity index (χ0v) is 20.2. The summed E-state index contributed by atoms with van der Waals surface area (Å²) < 4.78 is 17.2. The van der Waals surface area contributed by atoms with Crippen LogP contribution in [0.25, 0.3) is 10.4 Å². The van der Waals surface area contributed by atoms with Gasteiger partial charge in [0.05, 0.1) is 13.7 Å². The molecule has 2 N–H and O–H groups in total. The van der Waals surface area contributed by atoms with Gasteiger partial charge < -0.3 is 24.4 Å². The molecular formula is C27H26N4O6. The normalized spacial score (nSPS) is 18.3. The molecule has 0 aromatic heterocycles. The van der Waals surface area contributed by atoms with E-state index in [2.05, 4.69) is 15.0 Å². The monoisotopic (exact) mass is 502 g/mol. The van der Waals surface area contributed by atoms with Crippen LogP contribution < -0.4 is 9.47 Å². The maximum atomic E-state index is 13.0. The maximum absolute atomic E-state index is 13.0. The lowest BCUT2D eigenvalue weighted by Gasteiger charge is -2.28. The number of hydrogen-bond acceptors (Lipinski definition) is 7. The van der Waals surface area contributed by atoms with E-state index in [0.29, 0.717) is 46.9 Å². The molecule has 190 valence electrons. The second-order valence-corrected chi connectivity index (χ2v) is 8.37. The summed E-state index contributed by atoms with van der Waals surface area (Å²) >= 11 is 0. The van der Waals surface area contributed by atoms with Crippen LogP contribution in [0.3, 0.4) is 0 Å².